The fourth-order valence-electron chi connectivity index (χ4n) is 11.3. The number of quaternary nitrogens is 3. The Labute approximate surface area is 321 Å². The van der Waals surface area contributed by atoms with Crippen LogP contribution in [0, 0.1) is 29.6 Å². The number of carbonyl (C=O) groups is 3. The minimum Gasteiger partial charge on any atom is -0.463 e. The summed E-state index contributed by atoms with van der Waals surface area (Å²) < 4.78 is 12.6. The molecule has 7 aliphatic rings. The van der Waals surface area contributed by atoms with Crippen LogP contribution in [0.25, 0.3) is 0 Å². The van der Waals surface area contributed by atoms with Crippen LogP contribution < -0.4 is 36.9 Å². The van der Waals surface area contributed by atoms with Crippen LogP contribution in [-0.2, 0) is 23.9 Å². The minimum atomic E-state index is -1.84. The zero-order valence-corrected chi connectivity index (χ0v) is 33.4. The number of ether oxygens (including phenoxy) is 2. The van der Waals surface area contributed by atoms with E-state index < -0.39 is 23.1 Å². The Balaban J connectivity index is 1.12. The van der Waals surface area contributed by atoms with Crippen LogP contribution in [0.5, 0.6) is 0 Å². The second-order valence-electron chi connectivity index (χ2n) is 17.5. The van der Waals surface area contributed by atoms with Crippen LogP contribution in [0.2, 0.25) is 0 Å². The fourth-order valence-corrected chi connectivity index (χ4v) is 11.3. The summed E-state index contributed by atoms with van der Waals surface area (Å²) in [6, 6.07) is 0.204. The zero-order chi connectivity index (χ0) is 37.9. The first-order valence-electron chi connectivity index (χ1n) is 21.4. The van der Waals surface area contributed by atoms with Crippen molar-refractivity contribution in [3.63, 3.8) is 0 Å². The van der Waals surface area contributed by atoms with Gasteiger partial charge in [0.25, 0.3) is 5.60 Å². The summed E-state index contributed by atoms with van der Waals surface area (Å²) in [6.45, 7) is 8.30. The van der Waals surface area contributed by atoms with Crippen molar-refractivity contribution in [1.29, 1.82) is 0 Å². The number of hydrogen-bond acceptors (Lipinski definition) is 6. The van der Waals surface area contributed by atoms with Gasteiger partial charge in [-0.05, 0) is 76.4 Å². The molecule has 3 saturated heterocycles. The van der Waals surface area contributed by atoms with Gasteiger partial charge in [0.15, 0.2) is 17.2 Å². The SMILES string of the molecule is CC[NH2+][C@H]1C=C2C=CCC[C@H]2C[C@H]1COC(=O)[C@]12O[C@@]1(CC=C(C)C[C@@]1(C3CC[NH2+]C(NC[NH2+]C)C3)CCCNC(=[NH+]C)N1)C(=O)C1CCCCC1C2=O. The van der Waals surface area contributed by atoms with Gasteiger partial charge < -0.3 is 25.4 Å². The summed E-state index contributed by atoms with van der Waals surface area (Å²) in [5, 5.41) is 18.1. The third-order valence-corrected chi connectivity index (χ3v) is 14.2. The van der Waals surface area contributed by atoms with Gasteiger partial charge in [0.1, 0.15) is 25.5 Å². The van der Waals surface area contributed by atoms with Crippen molar-refractivity contribution in [2.75, 3.05) is 47.0 Å². The van der Waals surface area contributed by atoms with Gasteiger partial charge in [-0.25, -0.2) is 10.1 Å². The molecule has 2 saturated carbocycles. The third kappa shape index (κ3) is 7.38. The minimum absolute atomic E-state index is 0.0639. The number of hydrogen-bond donors (Lipinski definition) is 7. The number of epoxide rings is 1. The molecule has 5 fully saturated rings. The summed E-state index contributed by atoms with van der Waals surface area (Å²) in [4.78, 5) is 46.8. The molecule has 0 aromatic heterocycles. The number of likely N-dealkylation sites (N-methyl/N-ethyl adjacent to an activating group) is 1. The molecule has 4 unspecified atom stereocenters. The molecule has 298 valence electrons. The molecular formula is C42H69N7O5+4. The van der Waals surface area contributed by atoms with Crippen LogP contribution in [-0.4, -0.2) is 99.4 Å². The predicted molar refractivity (Wildman–Crippen MR) is 204 cm³/mol. The summed E-state index contributed by atoms with van der Waals surface area (Å²) in [5.41, 5.74) is -0.979. The number of Topliss-reactive ketones (excluding diaryl/α,β-unsaturated/α-hetero) is 2. The number of nitrogens with one attached hydrogen (secondary N) is 4. The van der Waals surface area contributed by atoms with Crippen molar-refractivity contribution < 1.29 is 44.8 Å². The molecule has 3 aliphatic heterocycles. The van der Waals surface area contributed by atoms with Gasteiger partial charge in [-0.2, -0.15) is 0 Å². The van der Waals surface area contributed by atoms with E-state index in [2.05, 4.69) is 82.1 Å². The summed E-state index contributed by atoms with van der Waals surface area (Å²) >= 11 is 0. The Kier molecular flexibility index (Phi) is 12.1. The normalized spacial score (nSPS) is 40.0. The van der Waals surface area contributed by atoms with Crippen molar-refractivity contribution in [3.05, 3.63) is 35.5 Å². The highest BCUT2D eigenvalue weighted by atomic mass is 16.7. The van der Waals surface area contributed by atoms with Gasteiger partial charge in [-0.3, -0.25) is 25.2 Å². The molecule has 10 atom stereocenters. The number of piperidine rings is 1. The van der Waals surface area contributed by atoms with Crippen molar-refractivity contribution in [2.24, 2.45) is 29.6 Å². The number of guanidine groups is 1. The molecule has 0 amide bonds. The van der Waals surface area contributed by atoms with Crippen molar-refractivity contribution in [2.45, 2.75) is 126 Å². The van der Waals surface area contributed by atoms with Crippen LogP contribution in [0.3, 0.4) is 0 Å². The maximum Gasteiger partial charge on any atom is 0.350 e. The molecule has 12 heteroatoms. The lowest BCUT2D eigenvalue weighted by atomic mass is 9.61. The van der Waals surface area contributed by atoms with Gasteiger partial charge >= 0.3 is 11.9 Å². The standard InChI is InChI=1S/C42H65N7O5/c1-5-45-34-22-29-12-7-6-11-28(29)21-30(34)25-53-38(52)42-37(51)33-14-9-8-13-32(33)36(50)41(42,54-42)18-15-27(2)24-40(17-10-19-47-39(44-4)49-40)31-16-20-46-35(23-31)48-26-43-3/h7,12,15,22,28,30-35,43,45-46,48H,5-6,8-11,13-14,16-21,23-26H2,1-4H3,(H2,44,47,49)/p+4/t28-,30-,31?,32?,33?,34-,35?,40+,41-,42-/m0/s1. The zero-order valence-electron chi connectivity index (χ0n) is 33.4. The van der Waals surface area contributed by atoms with Crippen LogP contribution in [0.15, 0.2) is 35.5 Å². The monoisotopic (exact) mass is 752 g/mol. The van der Waals surface area contributed by atoms with E-state index in [0.717, 1.165) is 102 Å². The number of allylic oxidation sites excluding steroid dienone is 3. The summed E-state index contributed by atoms with van der Waals surface area (Å²) in [6.07, 6.45) is 20.8. The molecule has 0 bridgehead atoms. The molecule has 0 spiro atoms. The lowest BCUT2D eigenvalue weighted by Crippen LogP contribution is -2.98. The van der Waals surface area contributed by atoms with Gasteiger partial charge in [-0.15, -0.1) is 0 Å². The average molecular weight is 752 g/mol. The molecule has 3 heterocycles. The number of carbonyl (C=O) groups excluding carboxylic acids is 3. The van der Waals surface area contributed by atoms with Crippen LogP contribution >= 0.6 is 0 Å². The quantitative estimate of drug-likeness (QED) is 0.0388. The highest BCUT2D eigenvalue weighted by molar-refractivity contribution is 6.23. The highest BCUT2D eigenvalue weighted by Gasteiger charge is 2.87. The molecular weight excluding hydrogens is 683 g/mol. The van der Waals surface area contributed by atoms with Gasteiger partial charge in [0.05, 0.1) is 39.3 Å². The van der Waals surface area contributed by atoms with E-state index in [1.54, 1.807) is 0 Å². The van der Waals surface area contributed by atoms with E-state index >= 15 is 0 Å². The highest BCUT2D eigenvalue weighted by Crippen LogP contribution is 2.61. The van der Waals surface area contributed by atoms with E-state index in [-0.39, 0.29) is 48.0 Å². The second-order valence-corrected chi connectivity index (χ2v) is 17.5. The van der Waals surface area contributed by atoms with Crippen molar-refractivity contribution in [3.8, 4) is 0 Å². The third-order valence-electron chi connectivity index (χ3n) is 14.2. The molecule has 7 rings (SSSR count). The maximum absolute atomic E-state index is 14.6. The Hall–Kier alpha value is -2.90. The average Bonchev–Trinajstić information content (AvgIpc) is 3.95. The second kappa shape index (κ2) is 16.7. The first-order chi connectivity index (χ1) is 26.2. The Bertz CT molecular complexity index is 1540. The van der Waals surface area contributed by atoms with Crippen LogP contribution in [0.4, 0.5) is 0 Å². The Morgan fingerprint density at radius 2 is 1.96 bits per heavy atom. The van der Waals surface area contributed by atoms with Gasteiger partial charge in [0.2, 0.25) is 0 Å². The summed E-state index contributed by atoms with van der Waals surface area (Å²) in [7, 11) is 4.04. The molecule has 0 aromatic rings. The topological polar surface area (TPSA) is 173 Å². The molecule has 54 heavy (non-hydrogen) atoms. The van der Waals surface area contributed by atoms with Crippen molar-refractivity contribution in [1.82, 2.24) is 16.0 Å². The van der Waals surface area contributed by atoms with E-state index in [4.69, 9.17) is 9.47 Å². The van der Waals surface area contributed by atoms with Crippen molar-refractivity contribution >= 4 is 23.5 Å². The molecule has 0 radical (unpaired) electrons. The van der Waals surface area contributed by atoms with E-state index in [1.807, 2.05) is 7.05 Å². The number of fused-ring (bicyclic) bond motifs is 3. The molecule has 12 nitrogen and oxygen atoms in total. The number of rotatable bonds is 13. The smallest absolute Gasteiger partial charge is 0.350 e. The largest absolute Gasteiger partial charge is 0.463 e. The summed E-state index contributed by atoms with van der Waals surface area (Å²) in [5.74, 6) is 0.211. The Morgan fingerprint density at radius 3 is 2.74 bits per heavy atom. The number of nitrogens with two attached hydrogens (primary N) is 3. The van der Waals surface area contributed by atoms with E-state index in [1.165, 1.54) is 5.57 Å². The lowest BCUT2D eigenvalue weighted by molar-refractivity contribution is -0.717. The van der Waals surface area contributed by atoms with E-state index in [0.29, 0.717) is 30.8 Å². The van der Waals surface area contributed by atoms with Gasteiger partial charge in [-0.1, -0.05) is 36.6 Å². The predicted octanol–water partition coefficient (Wildman–Crippen LogP) is -1.60. The van der Waals surface area contributed by atoms with Gasteiger partial charge in [0, 0.05) is 49.4 Å². The van der Waals surface area contributed by atoms with Crippen LogP contribution in [0.1, 0.15) is 97.3 Å². The number of ketones is 2. The maximum atomic E-state index is 14.6. The molecule has 4 aliphatic carbocycles. The first kappa shape index (κ1) is 39.3. The Morgan fingerprint density at radius 1 is 1.15 bits per heavy atom. The number of esters is 1. The van der Waals surface area contributed by atoms with E-state index in [9.17, 15) is 14.4 Å². The molecule has 10 N–H and O–H groups in total. The molecule has 0 aromatic carbocycles. The first-order valence-corrected chi connectivity index (χ1v) is 21.4. The fraction of sp³-hybridized carbons (Fsp3) is 0.762. The lowest BCUT2D eigenvalue weighted by Gasteiger charge is -2.42.